The van der Waals surface area contributed by atoms with Gasteiger partial charge in [-0.15, -0.1) is 0 Å². The van der Waals surface area contributed by atoms with E-state index in [-0.39, 0.29) is 31.4 Å². The number of hydrogen-bond acceptors (Lipinski definition) is 4. The average Bonchev–Trinajstić information content (AvgIpc) is 2.45. The molecule has 0 heterocycles. The number of carbonyl (C=O) groups is 2. The van der Waals surface area contributed by atoms with Gasteiger partial charge in [0.05, 0.1) is 19.8 Å². The fourth-order valence-electron chi connectivity index (χ4n) is 1.48. The van der Waals surface area contributed by atoms with Gasteiger partial charge in [0.2, 0.25) is 11.8 Å². The van der Waals surface area contributed by atoms with Crippen molar-refractivity contribution in [3.63, 3.8) is 0 Å². The maximum absolute atomic E-state index is 11.5. The Kier molecular flexibility index (Phi) is 12.1. The summed E-state index contributed by atoms with van der Waals surface area (Å²) in [5.41, 5.74) is 0. The van der Waals surface area contributed by atoms with Crippen LogP contribution in [0.1, 0.15) is 39.5 Å². The van der Waals surface area contributed by atoms with Gasteiger partial charge in [-0.3, -0.25) is 9.59 Å². The summed E-state index contributed by atoms with van der Waals surface area (Å²) in [6.07, 6.45) is 2.82. The maximum Gasteiger partial charge on any atom is 0.222 e. The van der Waals surface area contributed by atoms with Gasteiger partial charge in [0.15, 0.2) is 0 Å². The lowest BCUT2D eigenvalue weighted by Crippen LogP contribution is -2.29. The number of aliphatic hydroxyl groups is 1. The van der Waals surface area contributed by atoms with Crippen molar-refractivity contribution >= 4 is 11.8 Å². The lowest BCUT2D eigenvalue weighted by atomic mass is 10.0. The number of ether oxygens (including phenoxy) is 1. The van der Waals surface area contributed by atoms with Crippen LogP contribution in [0.5, 0.6) is 0 Å². The summed E-state index contributed by atoms with van der Waals surface area (Å²) in [6, 6.07) is 0. The van der Waals surface area contributed by atoms with Crippen molar-refractivity contribution in [3.05, 3.63) is 0 Å². The molecule has 2 amide bonds. The van der Waals surface area contributed by atoms with Crippen LogP contribution in [0.25, 0.3) is 0 Å². The fourth-order valence-corrected chi connectivity index (χ4v) is 1.48. The average molecular weight is 288 g/mol. The summed E-state index contributed by atoms with van der Waals surface area (Å²) < 4.78 is 5.24. The van der Waals surface area contributed by atoms with Gasteiger partial charge in [0, 0.05) is 25.9 Å². The zero-order valence-electron chi connectivity index (χ0n) is 12.6. The van der Waals surface area contributed by atoms with Gasteiger partial charge < -0.3 is 20.5 Å². The Morgan fingerprint density at radius 1 is 1.10 bits per heavy atom. The molecule has 0 aromatic heterocycles. The van der Waals surface area contributed by atoms with Crippen LogP contribution >= 0.6 is 0 Å². The van der Waals surface area contributed by atoms with E-state index in [1.165, 1.54) is 0 Å². The molecule has 1 atom stereocenters. The Morgan fingerprint density at radius 2 is 1.75 bits per heavy atom. The van der Waals surface area contributed by atoms with Crippen molar-refractivity contribution in [2.24, 2.45) is 5.92 Å². The molecule has 0 aromatic carbocycles. The van der Waals surface area contributed by atoms with Crippen LogP contribution < -0.4 is 10.6 Å². The van der Waals surface area contributed by atoms with Gasteiger partial charge in [0.1, 0.15) is 0 Å². The van der Waals surface area contributed by atoms with Gasteiger partial charge >= 0.3 is 0 Å². The first-order chi connectivity index (χ1) is 9.60. The SMILES string of the molecule is CCC(C)CCC(=O)NCCOCCC(=O)NCCO. The van der Waals surface area contributed by atoms with Crippen molar-refractivity contribution in [2.75, 3.05) is 32.9 Å². The molecular formula is C14H28N2O4. The quantitative estimate of drug-likeness (QED) is 0.455. The summed E-state index contributed by atoms with van der Waals surface area (Å²) in [5.74, 6) is 0.487. The largest absolute Gasteiger partial charge is 0.395 e. The molecule has 0 aliphatic rings. The predicted octanol–water partition coefficient (Wildman–Crippen LogP) is 0.444. The Balaban J connectivity index is 3.35. The Hall–Kier alpha value is -1.14. The summed E-state index contributed by atoms with van der Waals surface area (Å²) in [4.78, 5) is 22.6. The molecular weight excluding hydrogens is 260 g/mol. The lowest BCUT2D eigenvalue weighted by molar-refractivity contribution is -0.123. The highest BCUT2D eigenvalue weighted by molar-refractivity contribution is 5.76. The molecule has 118 valence electrons. The maximum atomic E-state index is 11.5. The predicted molar refractivity (Wildman–Crippen MR) is 77.2 cm³/mol. The van der Waals surface area contributed by atoms with Gasteiger partial charge in [-0.1, -0.05) is 20.3 Å². The molecule has 0 saturated heterocycles. The minimum absolute atomic E-state index is 0.0505. The van der Waals surface area contributed by atoms with E-state index < -0.39 is 0 Å². The highest BCUT2D eigenvalue weighted by atomic mass is 16.5. The third-order valence-electron chi connectivity index (χ3n) is 3.04. The van der Waals surface area contributed by atoms with Crippen LogP contribution in [0.4, 0.5) is 0 Å². The first-order valence-corrected chi connectivity index (χ1v) is 7.32. The molecule has 6 heteroatoms. The van der Waals surface area contributed by atoms with Crippen LogP contribution in [-0.2, 0) is 14.3 Å². The number of aliphatic hydroxyl groups excluding tert-OH is 1. The van der Waals surface area contributed by atoms with Gasteiger partial charge in [0.25, 0.3) is 0 Å². The second-order valence-electron chi connectivity index (χ2n) is 4.84. The second kappa shape index (κ2) is 12.9. The zero-order valence-corrected chi connectivity index (χ0v) is 12.6. The Morgan fingerprint density at radius 3 is 2.40 bits per heavy atom. The number of carbonyl (C=O) groups excluding carboxylic acids is 2. The first kappa shape index (κ1) is 18.9. The summed E-state index contributed by atoms with van der Waals surface area (Å²) in [5, 5.41) is 13.8. The second-order valence-corrected chi connectivity index (χ2v) is 4.84. The van der Waals surface area contributed by atoms with E-state index in [0.29, 0.717) is 32.1 Å². The molecule has 3 N–H and O–H groups in total. The molecule has 0 saturated carbocycles. The summed E-state index contributed by atoms with van der Waals surface area (Å²) in [6.45, 7) is 5.66. The zero-order chi connectivity index (χ0) is 15.2. The highest BCUT2D eigenvalue weighted by Gasteiger charge is 2.04. The van der Waals surface area contributed by atoms with E-state index in [0.717, 1.165) is 12.8 Å². The highest BCUT2D eigenvalue weighted by Crippen LogP contribution is 2.08. The first-order valence-electron chi connectivity index (χ1n) is 7.32. The molecule has 0 aliphatic heterocycles. The van der Waals surface area contributed by atoms with Crippen LogP contribution in [0.3, 0.4) is 0 Å². The van der Waals surface area contributed by atoms with E-state index in [4.69, 9.17) is 9.84 Å². The van der Waals surface area contributed by atoms with E-state index in [1.54, 1.807) is 0 Å². The van der Waals surface area contributed by atoms with Crippen LogP contribution in [0.15, 0.2) is 0 Å². The minimum Gasteiger partial charge on any atom is -0.395 e. The van der Waals surface area contributed by atoms with Crippen LogP contribution in [-0.4, -0.2) is 49.8 Å². The number of hydrogen-bond donors (Lipinski definition) is 3. The molecule has 0 bridgehead atoms. The molecule has 0 aliphatic carbocycles. The van der Waals surface area contributed by atoms with E-state index in [9.17, 15) is 9.59 Å². The molecule has 0 aromatic rings. The van der Waals surface area contributed by atoms with Crippen LogP contribution in [0.2, 0.25) is 0 Å². The molecule has 6 nitrogen and oxygen atoms in total. The van der Waals surface area contributed by atoms with Crippen LogP contribution in [0, 0.1) is 5.92 Å². The smallest absolute Gasteiger partial charge is 0.222 e. The van der Waals surface area contributed by atoms with E-state index >= 15 is 0 Å². The van der Waals surface area contributed by atoms with Crippen molar-refractivity contribution < 1.29 is 19.4 Å². The minimum atomic E-state index is -0.142. The van der Waals surface area contributed by atoms with Gasteiger partial charge in [-0.2, -0.15) is 0 Å². The molecule has 0 radical (unpaired) electrons. The third-order valence-corrected chi connectivity index (χ3v) is 3.04. The lowest BCUT2D eigenvalue weighted by Gasteiger charge is -2.09. The molecule has 0 fully saturated rings. The molecule has 1 unspecified atom stereocenters. The monoisotopic (exact) mass is 288 g/mol. The summed E-state index contributed by atoms with van der Waals surface area (Å²) in [7, 11) is 0. The summed E-state index contributed by atoms with van der Waals surface area (Å²) >= 11 is 0. The standard InChI is InChI=1S/C14H28N2O4/c1-3-12(2)4-5-13(18)16-8-11-20-10-6-14(19)15-7-9-17/h12,17H,3-11H2,1-2H3,(H,15,19)(H,16,18). The molecule has 0 spiro atoms. The van der Waals surface area contributed by atoms with Crippen molar-refractivity contribution in [1.82, 2.24) is 10.6 Å². The number of nitrogens with one attached hydrogen (secondary N) is 2. The van der Waals surface area contributed by atoms with E-state index in [2.05, 4.69) is 24.5 Å². The number of amides is 2. The third kappa shape index (κ3) is 11.9. The normalized spacial score (nSPS) is 11.9. The van der Waals surface area contributed by atoms with E-state index in [1.807, 2.05) is 0 Å². The van der Waals surface area contributed by atoms with Gasteiger partial charge in [-0.25, -0.2) is 0 Å². The van der Waals surface area contributed by atoms with Gasteiger partial charge in [-0.05, 0) is 12.3 Å². The fraction of sp³-hybridized carbons (Fsp3) is 0.857. The number of rotatable bonds is 12. The van der Waals surface area contributed by atoms with Crippen molar-refractivity contribution in [1.29, 1.82) is 0 Å². The topological polar surface area (TPSA) is 87.7 Å². The molecule has 0 rings (SSSR count). The Labute approximate surface area is 121 Å². The van der Waals surface area contributed by atoms with Crippen molar-refractivity contribution in [3.8, 4) is 0 Å². The van der Waals surface area contributed by atoms with Crippen molar-refractivity contribution in [2.45, 2.75) is 39.5 Å². The Bertz CT molecular complexity index is 272. The molecule has 20 heavy (non-hydrogen) atoms.